The summed E-state index contributed by atoms with van der Waals surface area (Å²) in [6.07, 6.45) is 0.553. The third kappa shape index (κ3) is 5.20. The number of aromatic nitrogens is 10. The van der Waals surface area contributed by atoms with Crippen LogP contribution in [0.4, 0.5) is 13.2 Å². The average Bonchev–Trinajstić information content (AvgIpc) is 3.79. The van der Waals surface area contributed by atoms with E-state index in [9.17, 15) is 13.2 Å². The highest BCUT2D eigenvalue weighted by atomic mass is 35.5. The van der Waals surface area contributed by atoms with Gasteiger partial charge in [0.15, 0.2) is 5.65 Å². The van der Waals surface area contributed by atoms with Gasteiger partial charge in [0.25, 0.3) is 0 Å². The van der Waals surface area contributed by atoms with Gasteiger partial charge in [0.1, 0.15) is 5.75 Å². The van der Waals surface area contributed by atoms with Crippen LogP contribution in [-0.2, 0) is 0 Å². The van der Waals surface area contributed by atoms with Gasteiger partial charge in [-0.15, -0.1) is 23.4 Å². The molecule has 11 nitrogen and oxygen atoms in total. The molecule has 0 spiro atoms. The van der Waals surface area contributed by atoms with E-state index in [0.717, 1.165) is 27.5 Å². The lowest BCUT2D eigenvalue weighted by Crippen LogP contribution is -2.16. The molecule has 8 aromatic rings. The van der Waals surface area contributed by atoms with Crippen molar-refractivity contribution in [1.29, 1.82) is 0 Å². The molecule has 3 aromatic carbocycles. The van der Waals surface area contributed by atoms with E-state index in [4.69, 9.17) is 23.2 Å². The molecule has 218 valence electrons. The van der Waals surface area contributed by atoms with Gasteiger partial charge >= 0.3 is 6.36 Å². The molecule has 16 heteroatoms. The van der Waals surface area contributed by atoms with Gasteiger partial charge < -0.3 is 9.30 Å². The number of hydrogen-bond acceptors (Lipinski definition) is 8. The van der Waals surface area contributed by atoms with Gasteiger partial charge in [0.05, 0.1) is 23.0 Å². The number of ether oxygens (including phenoxy) is 1. The monoisotopic (exact) mass is 634 g/mol. The van der Waals surface area contributed by atoms with Gasteiger partial charge in [0.2, 0.25) is 5.65 Å². The van der Waals surface area contributed by atoms with E-state index in [1.165, 1.54) is 28.8 Å². The molecule has 0 aliphatic heterocycles. The summed E-state index contributed by atoms with van der Waals surface area (Å²) < 4.78 is 45.8. The van der Waals surface area contributed by atoms with E-state index in [1.807, 2.05) is 47.2 Å². The summed E-state index contributed by atoms with van der Waals surface area (Å²) in [5, 5.41) is 26.5. The highest BCUT2D eigenvalue weighted by molar-refractivity contribution is 6.31. The van der Waals surface area contributed by atoms with Gasteiger partial charge in [-0.1, -0.05) is 47.5 Å². The van der Waals surface area contributed by atoms with Gasteiger partial charge in [-0.05, 0) is 74.9 Å². The van der Waals surface area contributed by atoms with Crippen molar-refractivity contribution in [1.82, 2.24) is 49.6 Å². The Morgan fingerprint density at radius 3 is 1.93 bits per heavy atom. The zero-order chi connectivity index (χ0) is 30.4. The van der Waals surface area contributed by atoms with Crippen molar-refractivity contribution in [3.05, 3.63) is 102 Å². The zero-order valence-corrected chi connectivity index (χ0v) is 23.4. The van der Waals surface area contributed by atoms with Crippen molar-refractivity contribution < 1.29 is 17.9 Å². The molecule has 0 saturated carbocycles. The second-order valence-electron chi connectivity index (χ2n) is 9.36. The van der Waals surface area contributed by atoms with Crippen LogP contribution in [-0.4, -0.2) is 56.0 Å². The van der Waals surface area contributed by atoms with Crippen LogP contribution in [0.3, 0.4) is 0 Å². The Balaban J connectivity index is 0.000000147. The number of alkyl halides is 3. The predicted octanol–water partition coefficient (Wildman–Crippen LogP) is 6.61. The highest BCUT2D eigenvalue weighted by Crippen LogP contribution is 2.31. The topological polar surface area (TPSA) is 113 Å². The number of hydrogen-bond donors (Lipinski definition) is 0. The molecule has 5 heterocycles. The van der Waals surface area contributed by atoms with E-state index in [2.05, 4.69) is 40.8 Å². The lowest BCUT2D eigenvalue weighted by Gasteiger charge is -2.10. The zero-order valence-electron chi connectivity index (χ0n) is 21.9. The number of rotatable bonds is 3. The first kappa shape index (κ1) is 27.5. The van der Waals surface area contributed by atoms with Gasteiger partial charge in [-0.3, -0.25) is 0 Å². The van der Waals surface area contributed by atoms with Gasteiger partial charge in [-0.2, -0.15) is 9.03 Å². The van der Waals surface area contributed by atoms with Crippen LogP contribution in [0.1, 0.15) is 0 Å². The fourth-order valence-electron chi connectivity index (χ4n) is 4.74. The number of fused-ring (bicyclic) bond motifs is 6. The summed E-state index contributed by atoms with van der Waals surface area (Å²) in [4.78, 5) is 4.05. The fraction of sp³-hybridized carbons (Fsp3) is 0.0357. The minimum atomic E-state index is -4.73. The quantitative estimate of drug-likeness (QED) is 0.213. The van der Waals surface area contributed by atoms with Crippen LogP contribution in [0.5, 0.6) is 5.75 Å². The Hall–Kier alpha value is -5.34. The van der Waals surface area contributed by atoms with E-state index in [-0.39, 0.29) is 5.75 Å². The minimum Gasteiger partial charge on any atom is -0.406 e. The Bertz CT molecular complexity index is 2280. The average molecular weight is 635 g/mol. The Morgan fingerprint density at radius 1 is 0.705 bits per heavy atom. The lowest BCUT2D eigenvalue weighted by molar-refractivity contribution is -0.274. The summed E-state index contributed by atoms with van der Waals surface area (Å²) in [5.41, 5.74) is 4.94. The number of imidazole rings is 1. The van der Waals surface area contributed by atoms with Crippen LogP contribution in [0, 0.1) is 0 Å². The number of nitrogens with zero attached hydrogens (tertiary/aromatic N) is 10. The number of halogens is 5. The second kappa shape index (κ2) is 10.7. The maximum atomic E-state index is 12.3. The van der Waals surface area contributed by atoms with Crippen LogP contribution in [0.15, 0.2) is 91.5 Å². The maximum Gasteiger partial charge on any atom is 0.573 e. The second-order valence-corrected chi connectivity index (χ2v) is 10.2. The third-order valence-corrected chi connectivity index (χ3v) is 7.09. The van der Waals surface area contributed by atoms with Crippen molar-refractivity contribution in [2.24, 2.45) is 0 Å². The van der Waals surface area contributed by atoms with Crippen LogP contribution >= 0.6 is 23.2 Å². The van der Waals surface area contributed by atoms with E-state index in [1.54, 1.807) is 29.2 Å². The van der Waals surface area contributed by atoms with Crippen molar-refractivity contribution in [2.75, 3.05) is 0 Å². The molecular weight excluding hydrogens is 620 g/mol. The SMILES string of the molecule is Clc1ccc2cc(-n3ccnc3)c3nnnn3c2c1.FC(F)(F)Oc1ccc(-c2cc3ccc(Cl)cc3n3nnnc23)cc1. The largest absolute Gasteiger partial charge is 0.573 e. The first-order valence-corrected chi connectivity index (χ1v) is 13.4. The molecule has 0 bridgehead atoms. The molecule has 0 fully saturated rings. The Labute approximate surface area is 254 Å². The molecule has 0 amide bonds. The number of tetrazole rings is 2. The summed E-state index contributed by atoms with van der Waals surface area (Å²) in [6.45, 7) is 0. The predicted molar refractivity (Wildman–Crippen MR) is 156 cm³/mol. The molecule has 0 aliphatic rings. The molecule has 0 saturated heterocycles. The molecular formula is C28H15Cl2F3N10O. The molecule has 0 radical (unpaired) electrons. The highest BCUT2D eigenvalue weighted by Gasteiger charge is 2.31. The number of pyridine rings is 2. The minimum absolute atomic E-state index is 0.292. The van der Waals surface area contributed by atoms with E-state index < -0.39 is 6.36 Å². The molecule has 0 aliphatic carbocycles. The molecule has 44 heavy (non-hydrogen) atoms. The van der Waals surface area contributed by atoms with Crippen molar-refractivity contribution >= 4 is 56.3 Å². The first-order valence-electron chi connectivity index (χ1n) is 12.7. The number of benzene rings is 3. The van der Waals surface area contributed by atoms with Gasteiger partial charge in [0, 0.05) is 38.8 Å². The molecule has 8 rings (SSSR count). The normalized spacial score (nSPS) is 11.8. The van der Waals surface area contributed by atoms with Crippen LogP contribution in [0.2, 0.25) is 10.0 Å². The summed E-state index contributed by atoms with van der Waals surface area (Å²) in [7, 11) is 0. The van der Waals surface area contributed by atoms with Crippen molar-refractivity contribution in [3.8, 4) is 22.6 Å². The molecule has 0 N–H and O–H groups in total. The van der Waals surface area contributed by atoms with E-state index >= 15 is 0 Å². The molecule has 0 unspecified atom stereocenters. The van der Waals surface area contributed by atoms with Crippen molar-refractivity contribution in [3.63, 3.8) is 0 Å². The smallest absolute Gasteiger partial charge is 0.406 e. The standard InChI is InChI=1S/C16H8ClF3N4O.C12H7ClN6/c17-11-4-1-10-7-13(15-21-22-23-24(15)14(10)8-11)9-2-5-12(6-3-9)25-16(18,19)20;13-9-2-1-8-5-11(18-4-3-14-7-18)12-15-16-17-19(12)10(8)6-9/h1-8H;1-7H. The third-order valence-electron chi connectivity index (χ3n) is 6.62. The first-order chi connectivity index (χ1) is 21.2. The molecule has 5 aromatic heterocycles. The maximum absolute atomic E-state index is 12.3. The van der Waals surface area contributed by atoms with Crippen molar-refractivity contribution in [2.45, 2.75) is 6.36 Å². The summed E-state index contributed by atoms with van der Waals surface area (Å²) >= 11 is 12.1. The summed E-state index contributed by atoms with van der Waals surface area (Å²) in [6, 6.07) is 20.3. The summed E-state index contributed by atoms with van der Waals surface area (Å²) in [5.74, 6) is -0.292. The van der Waals surface area contributed by atoms with E-state index in [0.29, 0.717) is 32.5 Å². The molecule has 0 atom stereocenters. The van der Waals surface area contributed by atoms with Gasteiger partial charge in [-0.25, -0.2) is 4.98 Å². The fourth-order valence-corrected chi connectivity index (χ4v) is 5.08. The lowest BCUT2D eigenvalue weighted by atomic mass is 10.0. The Kier molecular flexibility index (Phi) is 6.71. The van der Waals surface area contributed by atoms with Crippen LogP contribution < -0.4 is 4.74 Å². The van der Waals surface area contributed by atoms with Crippen LogP contribution in [0.25, 0.3) is 49.9 Å². The Morgan fingerprint density at radius 2 is 1.32 bits per heavy atom.